The first-order valence-corrected chi connectivity index (χ1v) is 13.5. The molecule has 6 unspecified atom stereocenters. The van der Waals surface area contributed by atoms with E-state index in [4.69, 9.17) is 0 Å². The van der Waals surface area contributed by atoms with E-state index in [1.165, 1.54) is 23.5 Å². The number of fused-ring (bicyclic) bond motifs is 4. The predicted octanol–water partition coefficient (Wildman–Crippen LogP) is 4.06. The van der Waals surface area contributed by atoms with E-state index in [0.717, 1.165) is 0 Å². The molecule has 4 aliphatic carbocycles. The predicted molar refractivity (Wildman–Crippen MR) is 124 cm³/mol. The Labute approximate surface area is 203 Å². The zero-order chi connectivity index (χ0) is 24.4. The standard InChI is InChI=1S/2C11H14F2N2OS/c2*1-5-9(16)15-10(17-5)14-8-3-7-2-6(8)4-11(7,12)13/h2*5-8H,2-4H2,1H3,(H,14,15,16)/t2*5-,6?,7?,8?/m10/s1. The number of nitrogens with zero attached hydrogens (tertiary/aromatic N) is 2. The molecule has 4 bridgehead atoms. The van der Waals surface area contributed by atoms with Crippen molar-refractivity contribution < 1.29 is 27.2 Å². The Bertz CT molecular complexity index is 872. The SMILES string of the molecule is C[C@@H]1SC(=NC2CC3CC2CC3(F)F)NC1=O.C[C@H]1SC(=NC2CC3CC2CC3(F)F)NC1=O. The molecule has 2 aliphatic heterocycles. The van der Waals surface area contributed by atoms with E-state index in [0.29, 0.717) is 36.0 Å². The zero-order valence-electron chi connectivity index (χ0n) is 18.9. The number of amidine groups is 2. The average Bonchev–Trinajstić information content (AvgIpc) is 3.53. The molecule has 2 N–H and O–H groups in total. The molecule has 0 radical (unpaired) electrons. The van der Waals surface area contributed by atoms with E-state index in [2.05, 4.69) is 20.6 Å². The van der Waals surface area contributed by atoms with Crippen molar-refractivity contribution in [3.05, 3.63) is 0 Å². The largest absolute Gasteiger partial charge is 0.304 e. The van der Waals surface area contributed by atoms with Gasteiger partial charge in [0.15, 0.2) is 10.3 Å². The number of amides is 2. The summed E-state index contributed by atoms with van der Waals surface area (Å²) in [4.78, 5) is 31.5. The summed E-state index contributed by atoms with van der Waals surface area (Å²) >= 11 is 2.78. The summed E-state index contributed by atoms with van der Waals surface area (Å²) in [5.41, 5.74) is 0. The van der Waals surface area contributed by atoms with Gasteiger partial charge >= 0.3 is 0 Å². The fraction of sp³-hybridized carbons (Fsp3) is 0.818. The van der Waals surface area contributed by atoms with Crippen molar-refractivity contribution in [2.75, 3.05) is 0 Å². The highest BCUT2D eigenvalue weighted by Gasteiger charge is 2.57. The number of hydrogen-bond donors (Lipinski definition) is 2. The Balaban J connectivity index is 0.000000142. The molecule has 6 fully saturated rings. The van der Waals surface area contributed by atoms with Gasteiger partial charge in [0.1, 0.15) is 0 Å². The molecule has 6 nitrogen and oxygen atoms in total. The number of nitrogens with one attached hydrogen (secondary N) is 2. The monoisotopic (exact) mass is 520 g/mol. The highest BCUT2D eigenvalue weighted by Crippen LogP contribution is 2.55. The van der Waals surface area contributed by atoms with Crippen molar-refractivity contribution in [1.29, 1.82) is 0 Å². The third-order valence-electron chi connectivity index (χ3n) is 7.92. The lowest BCUT2D eigenvalue weighted by molar-refractivity contribution is -0.119. The van der Waals surface area contributed by atoms with Gasteiger partial charge in [-0.1, -0.05) is 23.5 Å². The minimum Gasteiger partial charge on any atom is -0.304 e. The molecule has 6 rings (SSSR count). The van der Waals surface area contributed by atoms with Gasteiger partial charge in [-0.3, -0.25) is 19.6 Å². The van der Waals surface area contributed by atoms with Crippen LogP contribution in [0.1, 0.15) is 52.4 Å². The van der Waals surface area contributed by atoms with Gasteiger partial charge in [-0.05, 0) is 51.4 Å². The molecule has 12 heteroatoms. The topological polar surface area (TPSA) is 82.9 Å². The molecular formula is C22H28F4N4O2S2. The van der Waals surface area contributed by atoms with E-state index in [1.54, 1.807) is 0 Å². The Hall–Kier alpha value is -1.30. The van der Waals surface area contributed by atoms with Crippen molar-refractivity contribution in [3.63, 3.8) is 0 Å². The van der Waals surface area contributed by atoms with Crippen LogP contribution >= 0.6 is 23.5 Å². The molecule has 0 aromatic heterocycles. The number of thioether (sulfide) groups is 2. The Morgan fingerprint density at radius 2 is 1.12 bits per heavy atom. The summed E-state index contributed by atoms with van der Waals surface area (Å²) in [6.45, 7) is 3.63. The molecule has 0 spiro atoms. The fourth-order valence-electron chi connectivity index (χ4n) is 6.02. The van der Waals surface area contributed by atoms with Gasteiger partial charge in [-0.15, -0.1) is 0 Å². The van der Waals surface area contributed by atoms with Gasteiger partial charge in [-0.25, -0.2) is 17.6 Å². The zero-order valence-corrected chi connectivity index (χ0v) is 20.5. The van der Waals surface area contributed by atoms with Crippen LogP contribution < -0.4 is 10.6 Å². The smallest absolute Gasteiger partial charge is 0.251 e. The van der Waals surface area contributed by atoms with Gasteiger partial charge in [0.25, 0.3) is 11.8 Å². The normalized spacial score (nSPS) is 45.6. The average molecular weight is 521 g/mol. The summed E-state index contributed by atoms with van der Waals surface area (Å²) in [6, 6.07) is -0.0413. The second-order valence-corrected chi connectivity index (χ2v) is 12.9. The number of rotatable bonds is 2. The number of aliphatic imine (C=N–C) groups is 2. The quantitative estimate of drug-likeness (QED) is 0.538. The molecule has 6 aliphatic rings. The number of hydrogen-bond acceptors (Lipinski definition) is 6. The maximum absolute atomic E-state index is 13.3. The van der Waals surface area contributed by atoms with Crippen molar-refractivity contribution in [2.24, 2.45) is 33.7 Å². The minimum atomic E-state index is -2.49. The summed E-state index contributed by atoms with van der Waals surface area (Å²) < 4.78 is 53.3. The summed E-state index contributed by atoms with van der Waals surface area (Å²) in [5.74, 6) is -6.06. The van der Waals surface area contributed by atoms with Crippen LogP contribution in [0.25, 0.3) is 0 Å². The second kappa shape index (κ2) is 8.67. The van der Waals surface area contributed by atoms with E-state index in [1.807, 2.05) is 13.8 Å². The lowest BCUT2D eigenvalue weighted by Gasteiger charge is -2.25. The molecule has 0 aromatic rings. The highest BCUT2D eigenvalue weighted by molar-refractivity contribution is 8.15. The first-order valence-electron chi connectivity index (χ1n) is 11.8. The Morgan fingerprint density at radius 3 is 1.35 bits per heavy atom. The van der Waals surface area contributed by atoms with Crippen molar-refractivity contribution in [2.45, 2.75) is 86.8 Å². The van der Waals surface area contributed by atoms with Crippen molar-refractivity contribution in [3.8, 4) is 0 Å². The van der Waals surface area contributed by atoms with Gasteiger partial charge in [0.05, 0.1) is 22.6 Å². The van der Waals surface area contributed by atoms with Crippen LogP contribution in [0.5, 0.6) is 0 Å². The van der Waals surface area contributed by atoms with Crippen LogP contribution in [-0.4, -0.2) is 56.6 Å². The third-order valence-corrected chi connectivity index (χ3v) is 9.92. The molecule has 2 amide bonds. The van der Waals surface area contributed by atoms with Crippen LogP contribution in [0.4, 0.5) is 17.6 Å². The molecule has 34 heavy (non-hydrogen) atoms. The first kappa shape index (κ1) is 24.4. The van der Waals surface area contributed by atoms with Crippen LogP contribution in [-0.2, 0) is 9.59 Å². The van der Waals surface area contributed by atoms with E-state index < -0.39 is 23.7 Å². The Morgan fingerprint density at radius 1 is 0.735 bits per heavy atom. The lowest BCUT2D eigenvalue weighted by atomic mass is 9.93. The minimum absolute atomic E-state index is 0.00379. The molecular weight excluding hydrogens is 492 g/mol. The van der Waals surface area contributed by atoms with Crippen molar-refractivity contribution in [1.82, 2.24) is 10.6 Å². The molecule has 8 atom stereocenters. The van der Waals surface area contributed by atoms with Crippen molar-refractivity contribution >= 4 is 45.7 Å². The van der Waals surface area contributed by atoms with Gasteiger partial charge in [0.2, 0.25) is 11.8 Å². The van der Waals surface area contributed by atoms with E-state index >= 15 is 0 Å². The summed E-state index contributed by atoms with van der Waals surface area (Å²) in [5, 5.41) is 6.39. The van der Waals surface area contributed by atoms with Gasteiger partial charge in [0, 0.05) is 24.7 Å². The maximum Gasteiger partial charge on any atom is 0.251 e. The molecule has 0 aromatic carbocycles. The number of carbonyl (C=O) groups excluding carboxylic acids is 2. The fourth-order valence-corrected chi connectivity index (χ4v) is 7.74. The van der Waals surface area contributed by atoms with Crippen LogP contribution in [0.15, 0.2) is 9.98 Å². The van der Waals surface area contributed by atoms with Gasteiger partial charge < -0.3 is 10.6 Å². The first-order chi connectivity index (χ1) is 15.9. The Kier molecular flexibility index (Phi) is 6.22. The molecule has 2 heterocycles. The summed E-state index contributed by atoms with van der Waals surface area (Å²) in [7, 11) is 0. The number of halogens is 4. The van der Waals surface area contributed by atoms with Crippen LogP contribution in [0, 0.1) is 23.7 Å². The van der Waals surface area contributed by atoms with Gasteiger partial charge in [-0.2, -0.15) is 0 Å². The van der Waals surface area contributed by atoms with Crippen LogP contribution in [0.3, 0.4) is 0 Å². The lowest BCUT2D eigenvalue weighted by Crippen LogP contribution is -2.31. The molecule has 2 saturated heterocycles. The highest BCUT2D eigenvalue weighted by atomic mass is 32.2. The summed E-state index contributed by atoms with van der Waals surface area (Å²) in [6.07, 6.45) is 2.03. The molecule has 188 valence electrons. The number of carbonyl (C=O) groups is 2. The second-order valence-electron chi connectivity index (χ2n) is 10.3. The van der Waals surface area contributed by atoms with E-state index in [9.17, 15) is 27.2 Å². The molecule has 4 saturated carbocycles. The van der Waals surface area contributed by atoms with E-state index in [-0.39, 0.29) is 59.1 Å². The third kappa shape index (κ3) is 4.60. The maximum atomic E-state index is 13.3. The van der Waals surface area contributed by atoms with Crippen LogP contribution in [0.2, 0.25) is 0 Å². The number of alkyl halides is 4.